The van der Waals surface area contributed by atoms with Gasteiger partial charge < -0.3 is 15.5 Å². The molecule has 2 rings (SSSR count). The first kappa shape index (κ1) is 18.6. The number of hydrogen-bond donors (Lipinski definition) is 3. The molecule has 5 nitrogen and oxygen atoms in total. The van der Waals surface area contributed by atoms with Gasteiger partial charge in [0.05, 0.1) is 5.60 Å². The quantitative estimate of drug-likeness (QED) is 0.777. The summed E-state index contributed by atoms with van der Waals surface area (Å²) in [6.07, 6.45) is 0. The summed E-state index contributed by atoms with van der Waals surface area (Å²) in [5.41, 5.74) is 0.370. The van der Waals surface area contributed by atoms with Crippen LogP contribution in [0.3, 0.4) is 0 Å². The number of aliphatic hydroxyl groups is 1. The lowest BCUT2D eigenvalue weighted by molar-refractivity contribution is -0.141. The fourth-order valence-electron chi connectivity index (χ4n) is 2.51. The van der Waals surface area contributed by atoms with Gasteiger partial charge in [-0.15, -0.1) is 0 Å². The van der Waals surface area contributed by atoms with Crippen LogP contribution < -0.4 is 5.32 Å². The van der Waals surface area contributed by atoms with E-state index in [9.17, 15) is 24.2 Å². The van der Waals surface area contributed by atoms with Gasteiger partial charge in [0, 0.05) is 12.5 Å². The van der Waals surface area contributed by atoms with Crippen molar-refractivity contribution in [3.05, 3.63) is 59.4 Å². The van der Waals surface area contributed by atoms with E-state index < -0.39 is 29.3 Å². The third-order valence-corrected chi connectivity index (χ3v) is 3.80. The van der Waals surface area contributed by atoms with Gasteiger partial charge in [0.1, 0.15) is 5.82 Å². The van der Waals surface area contributed by atoms with E-state index in [1.54, 1.807) is 38.1 Å². The monoisotopic (exact) mass is 345 g/mol. The largest absolute Gasteiger partial charge is 0.479 e. The van der Waals surface area contributed by atoms with Crippen molar-refractivity contribution >= 4 is 11.9 Å². The SMILES string of the molecule is CC(=O)NC(C(=O)O)c1cccc(-c2ccc(C(C)(C)O)cc2F)c1. The van der Waals surface area contributed by atoms with Crippen molar-refractivity contribution in [3.8, 4) is 11.1 Å². The van der Waals surface area contributed by atoms with Crippen molar-refractivity contribution in [2.75, 3.05) is 0 Å². The second kappa shape index (κ2) is 7.03. The number of aliphatic carboxylic acids is 1. The van der Waals surface area contributed by atoms with Crippen LogP contribution in [0.25, 0.3) is 11.1 Å². The minimum Gasteiger partial charge on any atom is -0.479 e. The number of benzene rings is 2. The first-order valence-electron chi connectivity index (χ1n) is 7.72. The van der Waals surface area contributed by atoms with Gasteiger partial charge in [0.15, 0.2) is 6.04 Å². The Hall–Kier alpha value is -2.73. The van der Waals surface area contributed by atoms with Gasteiger partial charge in [0.25, 0.3) is 0 Å². The van der Waals surface area contributed by atoms with Crippen molar-refractivity contribution in [2.24, 2.45) is 0 Å². The first-order valence-corrected chi connectivity index (χ1v) is 7.72. The van der Waals surface area contributed by atoms with Crippen molar-refractivity contribution in [2.45, 2.75) is 32.4 Å². The standard InChI is InChI=1S/C19H20FNO4/c1-11(22)21-17(18(23)24)13-6-4-5-12(9-13)15-8-7-14(10-16(15)20)19(2,3)25/h4-10,17,25H,1-3H3,(H,21,22)(H,23,24). The zero-order chi connectivity index (χ0) is 18.8. The molecule has 0 aliphatic carbocycles. The van der Waals surface area contributed by atoms with Crippen LogP contribution in [0.1, 0.15) is 37.9 Å². The van der Waals surface area contributed by atoms with Gasteiger partial charge in [0.2, 0.25) is 5.91 Å². The highest BCUT2D eigenvalue weighted by atomic mass is 19.1. The minimum absolute atomic E-state index is 0.279. The van der Waals surface area contributed by atoms with Crippen molar-refractivity contribution < 1.29 is 24.2 Å². The molecule has 2 aromatic rings. The molecule has 0 saturated carbocycles. The minimum atomic E-state index is -1.21. The summed E-state index contributed by atoms with van der Waals surface area (Å²) in [6, 6.07) is 9.53. The first-order chi connectivity index (χ1) is 11.6. The molecule has 0 aliphatic rings. The average Bonchev–Trinajstić information content (AvgIpc) is 2.51. The van der Waals surface area contributed by atoms with Gasteiger partial charge in [-0.25, -0.2) is 9.18 Å². The molecule has 132 valence electrons. The zero-order valence-corrected chi connectivity index (χ0v) is 14.2. The van der Waals surface area contributed by atoms with Crippen molar-refractivity contribution in [1.82, 2.24) is 5.32 Å². The Morgan fingerprint density at radius 3 is 2.36 bits per heavy atom. The molecule has 1 unspecified atom stereocenters. The second-order valence-electron chi connectivity index (χ2n) is 6.35. The van der Waals surface area contributed by atoms with E-state index in [0.29, 0.717) is 16.7 Å². The van der Waals surface area contributed by atoms with Crippen LogP contribution in [0.4, 0.5) is 4.39 Å². The summed E-state index contributed by atoms with van der Waals surface area (Å²) in [7, 11) is 0. The number of nitrogens with one attached hydrogen (secondary N) is 1. The summed E-state index contributed by atoms with van der Waals surface area (Å²) in [5, 5.41) is 21.6. The highest BCUT2D eigenvalue weighted by Gasteiger charge is 2.22. The highest BCUT2D eigenvalue weighted by molar-refractivity contribution is 5.83. The molecule has 1 atom stereocenters. The third kappa shape index (κ3) is 4.42. The van der Waals surface area contributed by atoms with E-state index >= 15 is 0 Å². The van der Waals surface area contributed by atoms with E-state index in [1.165, 1.54) is 25.1 Å². The summed E-state index contributed by atoms with van der Waals surface area (Å²) in [6.45, 7) is 4.36. The molecular weight excluding hydrogens is 325 g/mol. The van der Waals surface area contributed by atoms with Crippen LogP contribution in [0.5, 0.6) is 0 Å². The number of hydrogen-bond acceptors (Lipinski definition) is 3. The number of halogens is 1. The van der Waals surface area contributed by atoms with Crippen molar-refractivity contribution in [1.29, 1.82) is 0 Å². The molecule has 2 aromatic carbocycles. The molecule has 0 saturated heterocycles. The van der Waals surface area contributed by atoms with Crippen LogP contribution in [-0.2, 0) is 15.2 Å². The molecule has 0 radical (unpaired) electrons. The molecule has 25 heavy (non-hydrogen) atoms. The van der Waals surface area contributed by atoms with Crippen LogP contribution in [-0.4, -0.2) is 22.1 Å². The van der Waals surface area contributed by atoms with Gasteiger partial charge in [-0.1, -0.05) is 30.3 Å². The Morgan fingerprint density at radius 1 is 1.16 bits per heavy atom. The molecule has 0 fully saturated rings. The summed E-state index contributed by atoms with van der Waals surface area (Å²) < 4.78 is 14.5. The van der Waals surface area contributed by atoms with E-state index in [2.05, 4.69) is 5.32 Å². The summed E-state index contributed by atoms with van der Waals surface area (Å²) in [5.74, 6) is -2.20. The number of carbonyl (C=O) groups is 2. The van der Waals surface area contributed by atoms with E-state index in [1.807, 2.05) is 0 Å². The van der Waals surface area contributed by atoms with Gasteiger partial charge >= 0.3 is 5.97 Å². The highest BCUT2D eigenvalue weighted by Crippen LogP contribution is 2.29. The third-order valence-electron chi connectivity index (χ3n) is 3.80. The Labute approximate surface area is 145 Å². The molecule has 0 aromatic heterocycles. The Kier molecular flexibility index (Phi) is 5.23. The molecule has 0 heterocycles. The summed E-state index contributed by atoms with van der Waals surface area (Å²) in [4.78, 5) is 22.6. The topological polar surface area (TPSA) is 86.6 Å². The number of amides is 1. The maximum absolute atomic E-state index is 14.5. The van der Waals surface area contributed by atoms with Gasteiger partial charge in [-0.05, 0) is 42.7 Å². The predicted molar refractivity (Wildman–Crippen MR) is 91.3 cm³/mol. The predicted octanol–water partition coefficient (Wildman–Crippen LogP) is 2.98. The molecule has 0 bridgehead atoms. The lowest BCUT2D eigenvalue weighted by Crippen LogP contribution is -2.31. The van der Waals surface area contributed by atoms with Crippen molar-refractivity contribution in [3.63, 3.8) is 0 Å². The number of carbonyl (C=O) groups excluding carboxylic acids is 1. The van der Waals surface area contributed by atoms with E-state index in [4.69, 9.17) is 0 Å². The van der Waals surface area contributed by atoms with Crippen LogP contribution >= 0.6 is 0 Å². The second-order valence-corrected chi connectivity index (χ2v) is 6.35. The van der Waals surface area contributed by atoms with E-state index in [-0.39, 0.29) is 5.56 Å². The molecule has 1 amide bonds. The Balaban J connectivity index is 2.45. The maximum atomic E-state index is 14.5. The fraction of sp³-hybridized carbons (Fsp3) is 0.263. The number of carboxylic acids is 1. The number of rotatable bonds is 5. The molecule has 0 spiro atoms. The Morgan fingerprint density at radius 2 is 1.84 bits per heavy atom. The molecular formula is C19H20FNO4. The van der Waals surface area contributed by atoms with Gasteiger partial charge in [-0.3, -0.25) is 4.79 Å². The fourth-order valence-corrected chi connectivity index (χ4v) is 2.51. The molecule has 0 aliphatic heterocycles. The normalized spacial score (nSPS) is 12.5. The van der Waals surface area contributed by atoms with Crippen LogP contribution in [0, 0.1) is 5.82 Å². The smallest absolute Gasteiger partial charge is 0.330 e. The van der Waals surface area contributed by atoms with Gasteiger partial charge in [-0.2, -0.15) is 0 Å². The summed E-state index contributed by atoms with van der Waals surface area (Å²) >= 11 is 0. The average molecular weight is 345 g/mol. The lowest BCUT2D eigenvalue weighted by atomic mass is 9.94. The molecule has 3 N–H and O–H groups in total. The lowest BCUT2D eigenvalue weighted by Gasteiger charge is -2.19. The van der Waals surface area contributed by atoms with Crippen LogP contribution in [0.2, 0.25) is 0 Å². The number of carboxylic acid groups (broad SMARTS) is 1. The Bertz CT molecular complexity index is 811. The molecule has 6 heteroatoms. The zero-order valence-electron chi connectivity index (χ0n) is 14.2. The van der Waals surface area contributed by atoms with Crippen LogP contribution in [0.15, 0.2) is 42.5 Å². The van der Waals surface area contributed by atoms with E-state index in [0.717, 1.165) is 0 Å². The maximum Gasteiger partial charge on any atom is 0.330 e.